The highest BCUT2D eigenvalue weighted by Crippen LogP contribution is 2.04. The minimum Gasteiger partial charge on any atom is -0.481 e. The predicted octanol–water partition coefficient (Wildman–Crippen LogP) is 0.239. The molecule has 9 nitrogen and oxygen atoms in total. The standard InChI is InChI=1S/C10H14N4O5/c15-8(16)3-1-2-7(9(17)18)14-10(19)13-6-4-11-12-5-6/h4-5,7H,1-3H2,(H,11,12)(H,15,16)(H,17,18)(H2,13,14,19)/t7-/m1/s1. The molecule has 1 rings (SSSR count). The van der Waals surface area contributed by atoms with Crippen molar-refractivity contribution in [3.8, 4) is 0 Å². The van der Waals surface area contributed by atoms with E-state index in [1.807, 2.05) is 0 Å². The molecule has 0 bridgehead atoms. The maximum absolute atomic E-state index is 11.5. The molecule has 1 aromatic rings. The normalized spacial score (nSPS) is 11.6. The Morgan fingerprint density at radius 3 is 2.63 bits per heavy atom. The number of carbonyl (C=O) groups excluding carboxylic acids is 1. The van der Waals surface area contributed by atoms with E-state index in [0.29, 0.717) is 5.69 Å². The van der Waals surface area contributed by atoms with Gasteiger partial charge in [0.2, 0.25) is 0 Å². The van der Waals surface area contributed by atoms with Crippen molar-refractivity contribution in [2.75, 3.05) is 5.32 Å². The molecule has 1 heterocycles. The molecular weight excluding hydrogens is 256 g/mol. The lowest BCUT2D eigenvalue weighted by Gasteiger charge is -2.14. The number of H-pyrrole nitrogens is 1. The number of hydrogen-bond donors (Lipinski definition) is 5. The summed E-state index contributed by atoms with van der Waals surface area (Å²) in [6.07, 6.45) is 2.85. The lowest BCUT2D eigenvalue weighted by atomic mass is 10.1. The summed E-state index contributed by atoms with van der Waals surface area (Å²) in [5.74, 6) is -2.22. The van der Waals surface area contributed by atoms with Crippen LogP contribution in [0.15, 0.2) is 12.4 Å². The third kappa shape index (κ3) is 5.52. The van der Waals surface area contributed by atoms with Gasteiger partial charge in [0.1, 0.15) is 6.04 Å². The van der Waals surface area contributed by atoms with Crippen LogP contribution in [-0.2, 0) is 9.59 Å². The average Bonchev–Trinajstić information content (AvgIpc) is 2.79. The Hall–Kier alpha value is -2.58. The lowest BCUT2D eigenvalue weighted by molar-refractivity contribution is -0.140. The number of nitrogens with one attached hydrogen (secondary N) is 3. The van der Waals surface area contributed by atoms with Crippen LogP contribution in [-0.4, -0.2) is 44.4 Å². The highest BCUT2D eigenvalue weighted by atomic mass is 16.4. The molecule has 0 saturated heterocycles. The fourth-order valence-corrected chi connectivity index (χ4v) is 1.36. The molecule has 0 radical (unpaired) electrons. The summed E-state index contributed by atoms with van der Waals surface area (Å²) < 4.78 is 0. The van der Waals surface area contributed by atoms with E-state index in [2.05, 4.69) is 20.8 Å². The van der Waals surface area contributed by atoms with Crippen LogP contribution in [0.3, 0.4) is 0 Å². The third-order valence-electron chi connectivity index (χ3n) is 2.24. The van der Waals surface area contributed by atoms with Gasteiger partial charge in [0, 0.05) is 12.6 Å². The van der Waals surface area contributed by atoms with Gasteiger partial charge in [-0.25, -0.2) is 9.59 Å². The summed E-state index contributed by atoms with van der Waals surface area (Å²) in [5, 5.41) is 28.1. The molecule has 0 aliphatic rings. The van der Waals surface area contributed by atoms with Crippen LogP contribution in [0.2, 0.25) is 0 Å². The SMILES string of the molecule is O=C(O)CCC[C@@H](NC(=O)Nc1cn[nH]c1)C(=O)O. The van der Waals surface area contributed by atoms with E-state index in [1.165, 1.54) is 12.4 Å². The Bertz CT molecular complexity index is 445. The van der Waals surface area contributed by atoms with Crippen molar-refractivity contribution in [1.82, 2.24) is 15.5 Å². The number of hydrogen-bond acceptors (Lipinski definition) is 4. The summed E-state index contributed by atoms with van der Waals surface area (Å²) in [5.41, 5.74) is 0.396. The molecular formula is C10H14N4O5. The van der Waals surface area contributed by atoms with Crippen molar-refractivity contribution in [3.05, 3.63) is 12.4 Å². The quantitative estimate of drug-likeness (QED) is 0.480. The second kappa shape index (κ2) is 6.99. The van der Waals surface area contributed by atoms with Crippen molar-refractivity contribution in [2.45, 2.75) is 25.3 Å². The maximum Gasteiger partial charge on any atom is 0.326 e. The largest absolute Gasteiger partial charge is 0.481 e. The highest BCUT2D eigenvalue weighted by Gasteiger charge is 2.20. The van der Waals surface area contributed by atoms with Gasteiger partial charge in [-0.3, -0.25) is 9.89 Å². The van der Waals surface area contributed by atoms with E-state index in [4.69, 9.17) is 10.2 Å². The van der Waals surface area contributed by atoms with Gasteiger partial charge in [-0.05, 0) is 12.8 Å². The van der Waals surface area contributed by atoms with Crippen molar-refractivity contribution in [2.24, 2.45) is 0 Å². The summed E-state index contributed by atoms with van der Waals surface area (Å²) in [6, 6.07) is -1.82. The van der Waals surface area contributed by atoms with Crippen LogP contribution < -0.4 is 10.6 Å². The average molecular weight is 270 g/mol. The molecule has 0 spiro atoms. The van der Waals surface area contributed by atoms with Crippen LogP contribution >= 0.6 is 0 Å². The van der Waals surface area contributed by atoms with Gasteiger partial charge in [0.25, 0.3) is 0 Å². The second-order valence-corrected chi connectivity index (χ2v) is 3.76. The minimum absolute atomic E-state index is 0.0421. The van der Waals surface area contributed by atoms with Crippen LogP contribution in [0, 0.1) is 0 Å². The molecule has 2 amide bonds. The first kappa shape index (κ1) is 14.5. The fourth-order valence-electron chi connectivity index (χ4n) is 1.36. The van der Waals surface area contributed by atoms with E-state index in [9.17, 15) is 14.4 Å². The number of amides is 2. The Morgan fingerprint density at radius 2 is 2.11 bits per heavy atom. The van der Waals surface area contributed by atoms with Gasteiger partial charge < -0.3 is 20.8 Å². The van der Waals surface area contributed by atoms with Crippen molar-refractivity contribution in [1.29, 1.82) is 0 Å². The number of carbonyl (C=O) groups is 3. The zero-order valence-electron chi connectivity index (χ0n) is 9.92. The smallest absolute Gasteiger partial charge is 0.326 e. The molecule has 0 unspecified atom stereocenters. The number of carboxylic acids is 2. The summed E-state index contributed by atoms with van der Waals surface area (Å²) in [4.78, 5) is 32.7. The first-order valence-corrected chi connectivity index (χ1v) is 5.50. The van der Waals surface area contributed by atoms with Gasteiger partial charge in [0.15, 0.2) is 0 Å². The molecule has 1 aromatic heterocycles. The summed E-state index contributed by atoms with van der Waals surface area (Å²) >= 11 is 0. The topological polar surface area (TPSA) is 144 Å². The summed E-state index contributed by atoms with van der Waals surface area (Å²) in [6.45, 7) is 0. The molecule has 0 aliphatic carbocycles. The number of carboxylic acid groups (broad SMARTS) is 2. The van der Waals surface area contributed by atoms with Gasteiger partial charge in [0.05, 0.1) is 11.9 Å². The number of aromatic amines is 1. The zero-order chi connectivity index (χ0) is 14.3. The molecule has 1 atom stereocenters. The van der Waals surface area contributed by atoms with Crippen LogP contribution in [0.5, 0.6) is 0 Å². The van der Waals surface area contributed by atoms with Crippen LogP contribution in [0.1, 0.15) is 19.3 Å². The first-order chi connectivity index (χ1) is 8.99. The van der Waals surface area contributed by atoms with Crippen LogP contribution in [0.4, 0.5) is 10.5 Å². The number of aliphatic carboxylic acids is 2. The van der Waals surface area contributed by atoms with Crippen LogP contribution in [0.25, 0.3) is 0 Å². The lowest BCUT2D eigenvalue weighted by Crippen LogP contribution is -2.43. The number of aromatic nitrogens is 2. The molecule has 0 aliphatic heterocycles. The molecule has 0 fully saturated rings. The van der Waals surface area contributed by atoms with E-state index in [0.717, 1.165) is 0 Å². The molecule has 104 valence electrons. The van der Waals surface area contributed by atoms with Crippen molar-refractivity contribution >= 4 is 23.7 Å². The Morgan fingerprint density at radius 1 is 1.37 bits per heavy atom. The van der Waals surface area contributed by atoms with Crippen molar-refractivity contribution in [3.63, 3.8) is 0 Å². The van der Waals surface area contributed by atoms with Gasteiger partial charge >= 0.3 is 18.0 Å². The monoisotopic (exact) mass is 270 g/mol. The Labute approximate surface area is 108 Å². The van der Waals surface area contributed by atoms with Gasteiger partial charge in [-0.2, -0.15) is 5.10 Å². The molecule has 9 heteroatoms. The zero-order valence-corrected chi connectivity index (χ0v) is 9.92. The van der Waals surface area contributed by atoms with E-state index in [1.54, 1.807) is 0 Å². The fraction of sp³-hybridized carbons (Fsp3) is 0.400. The van der Waals surface area contributed by atoms with E-state index < -0.39 is 24.0 Å². The van der Waals surface area contributed by atoms with Gasteiger partial charge in [-0.15, -0.1) is 0 Å². The Balaban J connectivity index is 2.42. The minimum atomic E-state index is -1.22. The number of rotatable bonds is 7. The number of anilines is 1. The first-order valence-electron chi connectivity index (χ1n) is 5.50. The highest BCUT2D eigenvalue weighted by molar-refractivity contribution is 5.91. The third-order valence-corrected chi connectivity index (χ3v) is 2.24. The predicted molar refractivity (Wildman–Crippen MR) is 63.7 cm³/mol. The summed E-state index contributed by atoms with van der Waals surface area (Å²) in [7, 11) is 0. The second-order valence-electron chi connectivity index (χ2n) is 3.76. The molecule has 19 heavy (non-hydrogen) atoms. The molecule has 5 N–H and O–H groups in total. The van der Waals surface area contributed by atoms with Crippen molar-refractivity contribution < 1.29 is 24.6 Å². The van der Waals surface area contributed by atoms with Gasteiger partial charge in [-0.1, -0.05) is 0 Å². The van der Waals surface area contributed by atoms with E-state index >= 15 is 0 Å². The van der Waals surface area contributed by atoms with E-state index in [-0.39, 0.29) is 19.3 Å². The molecule has 0 aromatic carbocycles. The molecule has 0 saturated carbocycles. The maximum atomic E-state index is 11.5. The number of nitrogens with zero attached hydrogens (tertiary/aromatic N) is 1. The number of urea groups is 1. The Kier molecular flexibility index (Phi) is 5.33.